The summed E-state index contributed by atoms with van der Waals surface area (Å²) in [4.78, 5) is 12.3. The Kier molecular flexibility index (Phi) is 5.70. The van der Waals surface area contributed by atoms with Gasteiger partial charge in [-0.05, 0) is 17.5 Å². The molecule has 112 valence electrons. The Morgan fingerprint density at radius 3 is 2.14 bits per heavy atom. The number of hydrogen-bond acceptors (Lipinski definition) is 4. The van der Waals surface area contributed by atoms with E-state index in [2.05, 4.69) is 0 Å². The van der Waals surface area contributed by atoms with Gasteiger partial charge in [-0.2, -0.15) is 5.26 Å². The normalized spacial score (nSPS) is 12.9. The van der Waals surface area contributed by atoms with Crippen LogP contribution in [0.1, 0.15) is 11.1 Å². The number of nitrogens with two attached hydrogens (primary N) is 1. The van der Waals surface area contributed by atoms with Crippen molar-refractivity contribution in [1.29, 1.82) is 5.26 Å². The standard InChI is InChI=1S/C18H18N2O2/c19-12-17(20)16(11-14-7-3-1-4-8-14)18(21)22-13-15-9-5-2-6-10-15/h1-10,16-17H,11,13,20H2. The van der Waals surface area contributed by atoms with E-state index in [1.807, 2.05) is 66.7 Å². The van der Waals surface area contributed by atoms with Crippen LogP contribution in [-0.2, 0) is 22.6 Å². The molecule has 0 amide bonds. The van der Waals surface area contributed by atoms with Gasteiger partial charge in [0, 0.05) is 0 Å². The van der Waals surface area contributed by atoms with Crippen LogP contribution in [-0.4, -0.2) is 12.0 Å². The first kappa shape index (κ1) is 15.7. The summed E-state index contributed by atoms with van der Waals surface area (Å²) in [5.41, 5.74) is 7.63. The molecular weight excluding hydrogens is 276 g/mol. The quantitative estimate of drug-likeness (QED) is 0.830. The highest BCUT2D eigenvalue weighted by Crippen LogP contribution is 2.14. The zero-order chi connectivity index (χ0) is 15.8. The number of carbonyl (C=O) groups excluding carboxylic acids is 1. The van der Waals surface area contributed by atoms with E-state index in [1.54, 1.807) is 0 Å². The molecule has 2 N–H and O–H groups in total. The summed E-state index contributed by atoms with van der Waals surface area (Å²) in [6, 6.07) is 20.0. The number of rotatable bonds is 6. The molecule has 0 spiro atoms. The van der Waals surface area contributed by atoms with Crippen LogP contribution in [0.4, 0.5) is 0 Å². The van der Waals surface area contributed by atoms with E-state index in [0.717, 1.165) is 11.1 Å². The van der Waals surface area contributed by atoms with Crippen molar-refractivity contribution in [3.8, 4) is 6.07 Å². The Labute approximate surface area is 130 Å². The maximum atomic E-state index is 12.3. The largest absolute Gasteiger partial charge is 0.461 e. The van der Waals surface area contributed by atoms with Gasteiger partial charge in [-0.15, -0.1) is 0 Å². The fourth-order valence-corrected chi connectivity index (χ4v) is 2.15. The number of ether oxygens (including phenoxy) is 1. The molecule has 0 aliphatic carbocycles. The molecule has 2 aromatic rings. The van der Waals surface area contributed by atoms with Crippen LogP contribution in [0.2, 0.25) is 0 Å². The Bertz CT molecular complexity index is 635. The Hall–Kier alpha value is -2.64. The summed E-state index contributed by atoms with van der Waals surface area (Å²) in [5, 5.41) is 9.03. The summed E-state index contributed by atoms with van der Waals surface area (Å²) in [5.74, 6) is -1.11. The van der Waals surface area contributed by atoms with Crippen LogP contribution in [0.3, 0.4) is 0 Å². The minimum absolute atomic E-state index is 0.184. The maximum Gasteiger partial charge on any atom is 0.312 e. The monoisotopic (exact) mass is 294 g/mol. The minimum Gasteiger partial charge on any atom is -0.461 e. The molecule has 2 aromatic carbocycles. The molecule has 0 aliphatic rings. The predicted molar refractivity (Wildman–Crippen MR) is 83.5 cm³/mol. The van der Waals surface area contributed by atoms with Crippen molar-refractivity contribution in [2.75, 3.05) is 0 Å². The van der Waals surface area contributed by atoms with E-state index in [1.165, 1.54) is 0 Å². The highest BCUT2D eigenvalue weighted by Gasteiger charge is 2.27. The highest BCUT2D eigenvalue weighted by atomic mass is 16.5. The van der Waals surface area contributed by atoms with Gasteiger partial charge < -0.3 is 10.5 Å². The molecule has 0 aliphatic heterocycles. The number of hydrogen-bond donors (Lipinski definition) is 1. The molecule has 4 heteroatoms. The summed E-state index contributed by atoms with van der Waals surface area (Å²) in [6.07, 6.45) is 0.392. The first-order chi connectivity index (χ1) is 10.7. The molecule has 22 heavy (non-hydrogen) atoms. The molecule has 0 bridgehead atoms. The molecule has 4 nitrogen and oxygen atoms in total. The van der Waals surface area contributed by atoms with E-state index in [0.29, 0.717) is 6.42 Å². The maximum absolute atomic E-state index is 12.3. The lowest BCUT2D eigenvalue weighted by molar-refractivity contribution is -0.150. The second-order valence-corrected chi connectivity index (χ2v) is 5.04. The number of carbonyl (C=O) groups is 1. The van der Waals surface area contributed by atoms with Gasteiger partial charge in [0.1, 0.15) is 12.6 Å². The van der Waals surface area contributed by atoms with Crippen molar-refractivity contribution in [1.82, 2.24) is 0 Å². The third-order valence-corrected chi connectivity index (χ3v) is 3.41. The first-order valence-corrected chi connectivity index (χ1v) is 7.10. The molecule has 0 aromatic heterocycles. The number of benzene rings is 2. The Balaban J connectivity index is 2.02. The van der Waals surface area contributed by atoms with Gasteiger partial charge >= 0.3 is 5.97 Å². The predicted octanol–water partition coefficient (Wildman–Crippen LogP) is 2.44. The smallest absolute Gasteiger partial charge is 0.312 e. The van der Waals surface area contributed by atoms with Crippen molar-refractivity contribution in [3.63, 3.8) is 0 Å². The van der Waals surface area contributed by atoms with Crippen LogP contribution in [0.25, 0.3) is 0 Å². The van der Waals surface area contributed by atoms with Crippen molar-refractivity contribution < 1.29 is 9.53 Å². The number of nitrogens with zero attached hydrogens (tertiary/aromatic N) is 1. The summed E-state index contributed by atoms with van der Waals surface area (Å²) >= 11 is 0. The highest BCUT2D eigenvalue weighted by molar-refractivity contribution is 5.74. The van der Waals surface area contributed by atoms with Crippen molar-refractivity contribution in [2.45, 2.75) is 19.1 Å². The Morgan fingerprint density at radius 1 is 1.05 bits per heavy atom. The Morgan fingerprint density at radius 2 is 1.59 bits per heavy atom. The van der Waals surface area contributed by atoms with Crippen LogP contribution in [0.15, 0.2) is 60.7 Å². The number of esters is 1. The topological polar surface area (TPSA) is 76.1 Å². The third kappa shape index (κ3) is 4.44. The fraction of sp³-hybridized carbons (Fsp3) is 0.222. The lowest BCUT2D eigenvalue weighted by atomic mass is 9.93. The average molecular weight is 294 g/mol. The third-order valence-electron chi connectivity index (χ3n) is 3.41. The fourth-order valence-electron chi connectivity index (χ4n) is 2.15. The average Bonchev–Trinajstić information content (AvgIpc) is 2.58. The number of nitriles is 1. The first-order valence-electron chi connectivity index (χ1n) is 7.10. The zero-order valence-electron chi connectivity index (χ0n) is 12.2. The molecule has 0 saturated carbocycles. The molecule has 2 rings (SSSR count). The van der Waals surface area contributed by atoms with E-state index in [9.17, 15) is 4.79 Å². The second kappa shape index (κ2) is 7.96. The zero-order valence-corrected chi connectivity index (χ0v) is 12.2. The summed E-state index contributed by atoms with van der Waals surface area (Å²) in [7, 11) is 0. The van der Waals surface area contributed by atoms with Gasteiger partial charge in [-0.25, -0.2) is 0 Å². The van der Waals surface area contributed by atoms with Crippen LogP contribution >= 0.6 is 0 Å². The van der Waals surface area contributed by atoms with Crippen molar-refractivity contribution in [2.24, 2.45) is 11.7 Å². The summed E-state index contributed by atoms with van der Waals surface area (Å²) in [6.45, 7) is 0.184. The molecule has 2 atom stereocenters. The van der Waals surface area contributed by atoms with Crippen molar-refractivity contribution in [3.05, 3.63) is 71.8 Å². The van der Waals surface area contributed by atoms with Gasteiger partial charge in [-0.1, -0.05) is 60.7 Å². The van der Waals surface area contributed by atoms with Gasteiger partial charge in [0.05, 0.1) is 12.0 Å². The van der Waals surface area contributed by atoms with Crippen LogP contribution in [0.5, 0.6) is 0 Å². The molecule has 0 fully saturated rings. The van der Waals surface area contributed by atoms with Crippen LogP contribution < -0.4 is 5.73 Å². The lowest BCUT2D eigenvalue weighted by Crippen LogP contribution is -2.37. The van der Waals surface area contributed by atoms with E-state index < -0.39 is 17.9 Å². The lowest BCUT2D eigenvalue weighted by Gasteiger charge is -2.18. The van der Waals surface area contributed by atoms with Gasteiger partial charge in [0.15, 0.2) is 0 Å². The molecular formula is C18H18N2O2. The van der Waals surface area contributed by atoms with E-state index >= 15 is 0 Å². The van der Waals surface area contributed by atoms with Crippen LogP contribution in [0, 0.1) is 17.2 Å². The minimum atomic E-state index is -0.886. The molecule has 0 radical (unpaired) electrons. The van der Waals surface area contributed by atoms with Gasteiger partial charge in [0.2, 0.25) is 0 Å². The second-order valence-electron chi connectivity index (χ2n) is 5.04. The van der Waals surface area contributed by atoms with Gasteiger partial charge in [0.25, 0.3) is 0 Å². The molecule has 0 heterocycles. The molecule has 2 unspecified atom stereocenters. The van der Waals surface area contributed by atoms with Gasteiger partial charge in [-0.3, -0.25) is 4.79 Å². The SMILES string of the molecule is N#CC(N)C(Cc1ccccc1)C(=O)OCc1ccccc1. The van der Waals surface area contributed by atoms with E-state index in [4.69, 9.17) is 15.7 Å². The van der Waals surface area contributed by atoms with Crippen molar-refractivity contribution >= 4 is 5.97 Å². The molecule has 0 saturated heterocycles. The van der Waals surface area contributed by atoms with E-state index in [-0.39, 0.29) is 6.61 Å². The summed E-state index contributed by atoms with van der Waals surface area (Å²) < 4.78 is 5.32.